The number of benzene rings is 2. The van der Waals surface area contributed by atoms with Gasteiger partial charge in [-0.15, -0.1) is 0 Å². The molecular formula is C25H19F3N2O6S2. The summed E-state index contributed by atoms with van der Waals surface area (Å²) in [4.78, 5) is 54.8. The SMILES string of the molecule is CCOC(=O)COc1cccc(C2c3sc(=O)[nH]c3SC3C(=O)N(c4cccc(C(F)(F)F)c4)C(=O)C32)c1. The van der Waals surface area contributed by atoms with Crippen molar-refractivity contribution in [3.05, 3.63) is 74.2 Å². The van der Waals surface area contributed by atoms with Gasteiger partial charge in [0.05, 0.1) is 28.8 Å². The highest BCUT2D eigenvalue weighted by Gasteiger charge is 2.56. The van der Waals surface area contributed by atoms with Crippen molar-refractivity contribution >= 4 is 46.6 Å². The Kier molecular flexibility index (Phi) is 6.82. The number of rotatable bonds is 6. The largest absolute Gasteiger partial charge is 0.482 e. The van der Waals surface area contributed by atoms with Crippen LogP contribution in [0, 0.1) is 5.92 Å². The number of thiazole rings is 1. The Morgan fingerprint density at radius 1 is 1.08 bits per heavy atom. The molecule has 2 aliphatic heterocycles. The number of amides is 2. The fourth-order valence-electron chi connectivity index (χ4n) is 4.59. The number of anilines is 1. The number of fused-ring (bicyclic) bond motifs is 2. The molecule has 3 unspecified atom stereocenters. The van der Waals surface area contributed by atoms with E-state index in [2.05, 4.69) is 4.98 Å². The normalized spacial score (nSPS) is 20.7. The topological polar surface area (TPSA) is 106 Å². The lowest BCUT2D eigenvalue weighted by molar-refractivity contribution is -0.145. The molecular weight excluding hydrogens is 545 g/mol. The van der Waals surface area contributed by atoms with Crippen LogP contribution in [0.15, 0.2) is 58.4 Å². The molecule has 3 aromatic rings. The number of hydrogen-bond acceptors (Lipinski definition) is 8. The predicted octanol–water partition coefficient (Wildman–Crippen LogP) is 4.19. The summed E-state index contributed by atoms with van der Waals surface area (Å²) in [7, 11) is 0. The van der Waals surface area contributed by atoms with Gasteiger partial charge in [0.2, 0.25) is 11.8 Å². The van der Waals surface area contributed by atoms with Crippen LogP contribution < -0.4 is 14.5 Å². The number of carbonyl (C=O) groups excluding carboxylic acids is 3. The molecule has 3 atom stereocenters. The Bertz CT molecular complexity index is 1480. The Hall–Kier alpha value is -3.58. The number of nitrogens with one attached hydrogen (secondary N) is 1. The average Bonchev–Trinajstić information content (AvgIpc) is 3.37. The molecule has 198 valence electrons. The van der Waals surface area contributed by atoms with E-state index >= 15 is 0 Å². The number of nitrogens with zero attached hydrogens (tertiary/aromatic N) is 1. The highest BCUT2D eigenvalue weighted by molar-refractivity contribution is 8.00. The third kappa shape index (κ3) is 4.71. The van der Waals surface area contributed by atoms with E-state index in [9.17, 15) is 32.3 Å². The van der Waals surface area contributed by atoms with Crippen LogP contribution in [0.1, 0.15) is 28.8 Å². The van der Waals surface area contributed by atoms with Crippen molar-refractivity contribution in [3.8, 4) is 5.75 Å². The van der Waals surface area contributed by atoms with Crippen molar-refractivity contribution in [1.82, 2.24) is 4.98 Å². The number of hydrogen-bond donors (Lipinski definition) is 1. The van der Waals surface area contributed by atoms with E-state index in [1.54, 1.807) is 31.2 Å². The molecule has 8 nitrogen and oxygen atoms in total. The lowest BCUT2D eigenvalue weighted by Crippen LogP contribution is -2.32. The fourth-order valence-corrected chi connectivity index (χ4v) is 7.11. The summed E-state index contributed by atoms with van der Waals surface area (Å²) < 4.78 is 50.4. The third-order valence-electron chi connectivity index (χ3n) is 6.13. The van der Waals surface area contributed by atoms with E-state index < -0.39 is 46.6 Å². The number of halogens is 3. The quantitative estimate of drug-likeness (QED) is 0.354. The van der Waals surface area contributed by atoms with Gasteiger partial charge in [-0.1, -0.05) is 41.3 Å². The van der Waals surface area contributed by atoms with Crippen molar-refractivity contribution in [2.75, 3.05) is 18.1 Å². The number of ether oxygens (including phenoxy) is 2. The number of aromatic nitrogens is 1. The second-order valence-electron chi connectivity index (χ2n) is 8.48. The number of alkyl halides is 3. The summed E-state index contributed by atoms with van der Waals surface area (Å²) in [6.07, 6.45) is -4.65. The zero-order valence-electron chi connectivity index (χ0n) is 19.6. The van der Waals surface area contributed by atoms with Gasteiger partial charge >= 0.3 is 17.0 Å². The van der Waals surface area contributed by atoms with E-state index in [0.717, 1.165) is 46.2 Å². The minimum absolute atomic E-state index is 0.174. The molecule has 0 bridgehead atoms. The molecule has 1 aromatic heterocycles. The number of imide groups is 1. The predicted molar refractivity (Wildman–Crippen MR) is 132 cm³/mol. The summed E-state index contributed by atoms with van der Waals surface area (Å²) in [6.45, 7) is 1.52. The summed E-state index contributed by atoms with van der Waals surface area (Å²) in [5, 5.41) is -0.542. The average molecular weight is 565 g/mol. The van der Waals surface area contributed by atoms with Crippen LogP contribution in [0.4, 0.5) is 18.9 Å². The van der Waals surface area contributed by atoms with Crippen molar-refractivity contribution in [2.24, 2.45) is 5.92 Å². The molecule has 38 heavy (non-hydrogen) atoms. The standard InChI is InChI=1S/C25H19F3N2O6S2/c1-2-35-16(31)11-36-15-8-3-5-12(9-15)17-18-20(37-21-19(17)38-24(34)29-21)23(33)30(22(18)32)14-7-4-6-13(10-14)25(26,27)28/h3-10,17-18,20H,2,11H2,1H3,(H,29,34). The van der Waals surface area contributed by atoms with Crippen LogP contribution in [0.25, 0.3) is 0 Å². The molecule has 13 heteroatoms. The lowest BCUT2D eigenvalue weighted by atomic mass is 9.83. The van der Waals surface area contributed by atoms with Gasteiger partial charge in [0, 0.05) is 10.8 Å². The summed E-state index contributed by atoms with van der Waals surface area (Å²) in [5.74, 6) is -3.32. The van der Waals surface area contributed by atoms with Crippen LogP contribution in [-0.4, -0.2) is 41.2 Å². The van der Waals surface area contributed by atoms with Crippen LogP contribution in [-0.2, 0) is 25.3 Å². The highest BCUT2D eigenvalue weighted by atomic mass is 32.2. The lowest BCUT2D eigenvalue weighted by Gasteiger charge is -2.30. The van der Waals surface area contributed by atoms with Crippen LogP contribution >= 0.6 is 23.1 Å². The minimum Gasteiger partial charge on any atom is -0.482 e. The zero-order chi connectivity index (χ0) is 27.2. The second kappa shape index (κ2) is 9.95. The summed E-state index contributed by atoms with van der Waals surface area (Å²) >= 11 is 1.92. The number of carbonyl (C=O) groups is 3. The van der Waals surface area contributed by atoms with Gasteiger partial charge in [0.15, 0.2) is 6.61 Å². The molecule has 0 aliphatic carbocycles. The Morgan fingerprint density at radius 2 is 1.84 bits per heavy atom. The van der Waals surface area contributed by atoms with Crippen molar-refractivity contribution in [1.29, 1.82) is 0 Å². The highest BCUT2D eigenvalue weighted by Crippen LogP contribution is 2.53. The molecule has 1 N–H and O–H groups in total. The maximum Gasteiger partial charge on any atom is 0.416 e. The second-order valence-corrected chi connectivity index (χ2v) is 10.6. The fraction of sp³-hybridized carbons (Fsp3) is 0.280. The van der Waals surface area contributed by atoms with Gasteiger partial charge in [0.25, 0.3) is 0 Å². The van der Waals surface area contributed by atoms with Crippen molar-refractivity contribution in [3.63, 3.8) is 0 Å². The molecule has 1 saturated heterocycles. The monoisotopic (exact) mass is 564 g/mol. The van der Waals surface area contributed by atoms with E-state index in [0.29, 0.717) is 21.2 Å². The van der Waals surface area contributed by atoms with Gasteiger partial charge in [-0.2, -0.15) is 13.2 Å². The first-order valence-corrected chi connectivity index (χ1v) is 13.1. The molecule has 3 heterocycles. The van der Waals surface area contributed by atoms with Gasteiger partial charge in [0.1, 0.15) is 11.0 Å². The zero-order valence-corrected chi connectivity index (χ0v) is 21.2. The molecule has 2 aliphatic rings. The molecule has 2 amide bonds. The summed E-state index contributed by atoms with van der Waals surface area (Å²) in [6, 6.07) is 10.6. The van der Waals surface area contributed by atoms with Crippen LogP contribution in [0.3, 0.4) is 0 Å². The molecule has 0 radical (unpaired) electrons. The maximum atomic E-state index is 13.7. The first-order chi connectivity index (χ1) is 18.1. The van der Waals surface area contributed by atoms with E-state index in [1.165, 1.54) is 6.07 Å². The minimum atomic E-state index is -4.65. The molecule has 2 aromatic carbocycles. The number of esters is 1. The number of H-pyrrole nitrogens is 1. The smallest absolute Gasteiger partial charge is 0.416 e. The molecule has 1 fully saturated rings. The van der Waals surface area contributed by atoms with Gasteiger partial charge < -0.3 is 14.5 Å². The Morgan fingerprint density at radius 3 is 2.58 bits per heavy atom. The van der Waals surface area contributed by atoms with E-state index in [4.69, 9.17) is 9.47 Å². The number of aromatic amines is 1. The summed E-state index contributed by atoms with van der Waals surface area (Å²) in [5.41, 5.74) is -0.610. The van der Waals surface area contributed by atoms with Gasteiger partial charge in [-0.25, -0.2) is 9.69 Å². The third-order valence-corrected chi connectivity index (χ3v) is 8.54. The maximum absolute atomic E-state index is 13.7. The van der Waals surface area contributed by atoms with E-state index in [1.807, 2.05) is 0 Å². The van der Waals surface area contributed by atoms with Crippen molar-refractivity contribution < 1.29 is 37.0 Å². The molecule has 0 spiro atoms. The Balaban J connectivity index is 1.54. The Labute approximate surface area is 221 Å². The van der Waals surface area contributed by atoms with Gasteiger partial charge in [-0.05, 0) is 42.8 Å². The van der Waals surface area contributed by atoms with E-state index in [-0.39, 0.29) is 23.8 Å². The first-order valence-electron chi connectivity index (χ1n) is 11.4. The number of thioether (sulfide) groups is 1. The molecule has 0 saturated carbocycles. The van der Waals surface area contributed by atoms with Crippen molar-refractivity contribution in [2.45, 2.75) is 29.3 Å². The van der Waals surface area contributed by atoms with Crippen LogP contribution in [0.5, 0.6) is 5.75 Å². The molecule has 5 rings (SSSR count). The van der Waals surface area contributed by atoms with Gasteiger partial charge in [-0.3, -0.25) is 14.4 Å². The van der Waals surface area contributed by atoms with Crippen LogP contribution in [0.2, 0.25) is 0 Å². The first kappa shape index (κ1) is 26.0.